The van der Waals surface area contributed by atoms with Gasteiger partial charge in [0.25, 0.3) is 0 Å². The van der Waals surface area contributed by atoms with E-state index in [0.717, 1.165) is 44.1 Å². The molecule has 2 unspecified atom stereocenters. The van der Waals surface area contributed by atoms with Crippen LogP contribution in [-0.4, -0.2) is 35.1 Å². The molecule has 1 aromatic rings. The zero-order valence-electron chi connectivity index (χ0n) is 13.6. The fraction of sp³-hybridized carbons (Fsp3) is 0.812. The first-order chi connectivity index (χ1) is 9.44. The number of piperazine rings is 1. The Morgan fingerprint density at radius 3 is 2.70 bits per heavy atom. The molecule has 0 amide bonds. The quantitative estimate of drug-likeness (QED) is 0.920. The minimum Gasteiger partial charge on any atom is -0.444 e. The normalized spacial score (nSPS) is 25.1. The second-order valence-corrected chi connectivity index (χ2v) is 6.89. The molecule has 0 saturated carbocycles. The van der Waals surface area contributed by atoms with Gasteiger partial charge in [0.2, 0.25) is 5.89 Å². The fourth-order valence-electron chi connectivity index (χ4n) is 2.79. The molecule has 0 aromatic carbocycles. The van der Waals surface area contributed by atoms with Crippen LogP contribution in [0.15, 0.2) is 10.6 Å². The summed E-state index contributed by atoms with van der Waals surface area (Å²) in [7, 11) is 0. The number of aromatic nitrogens is 1. The van der Waals surface area contributed by atoms with Gasteiger partial charge >= 0.3 is 0 Å². The second-order valence-electron chi connectivity index (χ2n) is 6.89. The third-order valence-electron chi connectivity index (χ3n) is 4.34. The van der Waals surface area contributed by atoms with Gasteiger partial charge in [0.1, 0.15) is 5.76 Å². The lowest BCUT2D eigenvalue weighted by molar-refractivity contribution is 0.0702. The molecular weight excluding hydrogens is 250 g/mol. The van der Waals surface area contributed by atoms with Gasteiger partial charge in [0.05, 0.1) is 12.7 Å². The van der Waals surface area contributed by atoms with Crippen LogP contribution in [0.25, 0.3) is 0 Å². The maximum absolute atomic E-state index is 5.78. The molecule has 1 fully saturated rings. The van der Waals surface area contributed by atoms with E-state index in [4.69, 9.17) is 4.42 Å². The second kappa shape index (κ2) is 6.27. The Bertz CT molecular complexity index is 422. The van der Waals surface area contributed by atoms with Crippen LogP contribution in [0, 0.1) is 5.41 Å². The Kier molecular flexibility index (Phi) is 4.86. The maximum Gasteiger partial charge on any atom is 0.208 e. The van der Waals surface area contributed by atoms with Gasteiger partial charge in [0, 0.05) is 31.6 Å². The number of hydrogen-bond acceptors (Lipinski definition) is 4. The molecule has 2 atom stereocenters. The van der Waals surface area contributed by atoms with Gasteiger partial charge < -0.3 is 9.73 Å². The third-order valence-corrected chi connectivity index (χ3v) is 4.34. The highest BCUT2D eigenvalue weighted by atomic mass is 16.4. The number of nitrogens with zero attached hydrogens (tertiary/aromatic N) is 2. The van der Waals surface area contributed by atoms with E-state index in [2.05, 4.69) is 49.8 Å². The minimum atomic E-state index is 0.280. The van der Waals surface area contributed by atoms with Crippen molar-refractivity contribution < 1.29 is 4.42 Å². The predicted octanol–water partition coefficient (Wildman–Crippen LogP) is 2.84. The average molecular weight is 279 g/mol. The van der Waals surface area contributed by atoms with Crippen molar-refractivity contribution in [3.63, 3.8) is 0 Å². The first-order valence-electron chi connectivity index (χ1n) is 7.85. The van der Waals surface area contributed by atoms with Crippen molar-refractivity contribution in [2.24, 2.45) is 5.41 Å². The highest BCUT2D eigenvalue weighted by Gasteiger charge is 2.33. The van der Waals surface area contributed by atoms with Crippen molar-refractivity contribution in [1.29, 1.82) is 0 Å². The average Bonchev–Trinajstić information content (AvgIpc) is 2.85. The molecule has 1 aliphatic heterocycles. The molecule has 0 radical (unpaired) electrons. The first-order valence-corrected chi connectivity index (χ1v) is 7.85. The molecule has 2 heterocycles. The van der Waals surface area contributed by atoms with Crippen LogP contribution in [0.1, 0.15) is 52.7 Å². The summed E-state index contributed by atoms with van der Waals surface area (Å²) < 4.78 is 5.78. The number of rotatable bonds is 4. The summed E-state index contributed by atoms with van der Waals surface area (Å²) in [5.74, 6) is 1.84. The Morgan fingerprint density at radius 2 is 2.15 bits per heavy atom. The summed E-state index contributed by atoms with van der Waals surface area (Å²) in [6.45, 7) is 14.2. The van der Waals surface area contributed by atoms with Crippen LogP contribution in [0.2, 0.25) is 0 Å². The number of hydrogen-bond donors (Lipinski definition) is 1. The van der Waals surface area contributed by atoms with E-state index in [0.29, 0.717) is 12.1 Å². The van der Waals surface area contributed by atoms with E-state index in [1.165, 1.54) is 0 Å². The Balaban J connectivity index is 2.05. The van der Waals surface area contributed by atoms with Gasteiger partial charge in [-0.3, -0.25) is 4.90 Å². The van der Waals surface area contributed by atoms with Gasteiger partial charge in [-0.05, 0) is 11.8 Å². The molecule has 1 aliphatic rings. The number of aryl methyl sites for hydroxylation is 1. The van der Waals surface area contributed by atoms with E-state index in [9.17, 15) is 0 Å². The molecule has 0 spiro atoms. The Morgan fingerprint density at radius 1 is 1.40 bits per heavy atom. The van der Waals surface area contributed by atoms with Crippen molar-refractivity contribution in [2.45, 2.75) is 66.1 Å². The first kappa shape index (κ1) is 15.5. The molecule has 20 heavy (non-hydrogen) atoms. The fourth-order valence-corrected chi connectivity index (χ4v) is 2.79. The Hall–Kier alpha value is -0.870. The van der Waals surface area contributed by atoms with Gasteiger partial charge in [-0.1, -0.05) is 34.6 Å². The van der Waals surface area contributed by atoms with Gasteiger partial charge in [0.15, 0.2) is 0 Å². The minimum absolute atomic E-state index is 0.280. The van der Waals surface area contributed by atoms with Crippen LogP contribution in [0.4, 0.5) is 0 Å². The Labute approximate surface area is 122 Å². The van der Waals surface area contributed by atoms with Crippen molar-refractivity contribution in [2.75, 3.05) is 13.1 Å². The van der Waals surface area contributed by atoms with Crippen LogP contribution in [0.5, 0.6) is 0 Å². The molecule has 1 aromatic heterocycles. The molecule has 4 nitrogen and oxygen atoms in total. The summed E-state index contributed by atoms with van der Waals surface area (Å²) in [6, 6.07) is 1.09. The van der Waals surface area contributed by atoms with E-state index in [1.54, 1.807) is 0 Å². The van der Waals surface area contributed by atoms with Gasteiger partial charge in [-0.25, -0.2) is 4.98 Å². The molecule has 114 valence electrons. The molecule has 1 saturated heterocycles. The SMILES string of the molecule is CCc1cnc(CN2CC(C(C)(C)C)NCC2CC)o1. The van der Waals surface area contributed by atoms with Crippen LogP contribution < -0.4 is 5.32 Å². The standard InChI is InChI=1S/C16H29N3O/c1-6-12-8-17-14(16(3,4)5)10-19(12)11-15-18-9-13(7-2)20-15/h9,12,14,17H,6-8,10-11H2,1-5H3. The molecule has 2 rings (SSSR count). The van der Waals surface area contributed by atoms with E-state index < -0.39 is 0 Å². The summed E-state index contributed by atoms with van der Waals surface area (Å²) >= 11 is 0. The van der Waals surface area contributed by atoms with E-state index in [-0.39, 0.29) is 5.41 Å². The molecular formula is C16H29N3O. The van der Waals surface area contributed by atoms with Crippen molar-refractivity contribution in [1.82, 2.24) is 15.2 Å². The summed E-state index contributed by atoms with van der Waals surface area (Å²) in [5.41, 5.74) is 0.280. The van der Waals surface area contributed by atoms with E-state index in [1.807, 2.05) is 6.20 Å². The topological polar surface area (TPSA) is 41.3 Å². The smallest absolute Gasteiger partial charge is 0.208 e. The number of nitrogens with one attached hydrogen (secondary N) is 1. The zero-order valence-corrected chi connectivity index (χ0v) is 13.6. The lowest BCUT2D eigenvalue weighted by Crippen LogP contribution is -2.59. The largest absolute Gasteiger partial charge is 0.444 e. The highest BCUT2D eigenvalue weighted by Crippen LogP contribution is 2.25. The molecule has 0 aliphatic carbocycles. The summed E-state index contributed by atoms with van der Waals surface area (Å²) in [6.07, 6.45) is 3.93. The van der Waals surface area contributed by atoms with Crippen molar-refractivity contribution in [3.05, 3.63) is 17.8 Å². The summed E-state index contributed by atoms with van der Waals surface area (Å²) in [5, 5.41) is 3.70. The van der Waals surface area contributed by atoms with Gasteiger partial charge in [-0.15, -0.1) is 0 Å². The van der Waals surface area contributed by atoms with E-state index >= 15 is 0 Å². The predicted molar refractivity (Wildman–Crippen MR) is 81.6 cm³/mol. The summed E-state index contributed by atoms with van der Waals surface area (Å²) in [4.78, 5) is 6.93. The molecule has 0 bridgehead atoms. The number of oxazole rings is 1. The molecule has 1 N–H and O–H groups in total. The lowest BCUT2D eigenvalue weighted by Gasteiger charge is -2.44. The lowest BCUT2D eigenvalue weighted by atomic mass is 9.84. The van der Waals surface area contributed by atoms with Crippen molar-refractivity contribution in [3.8, 4) is 0 Å². The zero-order chi connectivity index (χ0) is 14.8. The van der Waals surface area contributed by atoms with Crippen LogP contribution >= 0.6 is 0 Å². The van der Waals surface area contributed by atoms with Gasteiger partial charge in [-0.2, -0.15) is 0 Å². The monoisotopic (exact) mass is 279 g/mol. The van der Waals surface area contributed by atoms with Crippen molar-refractivity contribution >= 4 is 0 Å². The third kappa shape index (κ3) is 3.61. The molecule has 4 heteroatoms. The van der Waals surface area contributed by atoms with Crippen LogP contribution in [-0.2, 0) is 13.0 Å². The highest BCUT2D eigenvalue weighted by molar-refractivity contribution is 4.97. The maximum atomic E-state index is 5.78. The van der Waals surface area contributed by atoms with Crippen LogP contribution in [0.3, 0.4) is 0 Å².